The van der Waals surface area contributed by atoms with Gasteiger partial charge in [0.2, 0.25) is 0 Å². The number of ether oxygens (including phenoxy) is 1. The van der Waals surface area contributed by atoms with Crippen LogP contribution in [-0.2, 0) is 9.59 Å². The maximum atomic E-state index is 13.2. The smallest absolute Gasteiger partial charge is 0.414 e. The van der Waals surface area contributed by atoms with E-state index >= 15 is 0 Å². The molecular formula is C18H20FNO5. The fourth-order valence-electron chi connectivity index (χ4n) is 1.94. The summed E-state index contributed by atoms with van der Waals surface area (Å²) in [5.74, 6) is -3.37. The molecule has 0 bridgehead atoms. The molecule has 0 fully saturated rings. The highest BCUT2D eigenvalue weighted by atomic mass is 19.1. The minimum atomic E-state index is -1.82. The van der Waals surface area contributed by atoms with Crippen LogP contribution in [0.15, 0.2) is 54.6 Å². The van der Waals surface area contributed by atoms with Crippen molar-refractivity contribution < 1.29 is 28.9 Å². The van der Waals surface area contributed by atoms with Crippen molar-refractivity contribution in [3.8, 4) is 5.75 Å². The van der Waals surface area contributed by atoms with Crippen molar-refractivity contribution in [2.45, 2.75) is 12.5 Å². The van der Waals surface area contributed by atoms with Crippen molar-refractivity contribution in [3.05, 3.63) is 66.0 Å². The zero-order valence-electron chi connectivity index (χ0n) is 13.7. The zero-order valence-corrected chi connectivity index (χ0v) is 13.7. The maximum Gasteiger partial charge on any atom is 0.414 e. The van der Waals surface area contributed by atoms with E-state index in [0.717, 1.165) is 18.5 Å². The summed E-state index contributed by atoms with van der Waals surface area (Å²) in [5, 5.41) is 17.9. The van der Waals surface area contributed by atoms with Crippen LogP contribution in [-0.4, -0.2) is 35.7 Å². The quantitative estimate of drug-likeness (QED) is 0.694. The fraction of sp³-hybridized carbons (Fsp3) is 0.222. The molecule has 0 saturated carbocycles. The Morgan fingerprint density at radius 2 is 1.72 bits per heavy atom. The largest absolute Gasteiger partial charge is 0.486 e. The second kappa shape index (κ2) is 10.8. The van der Waals surface area contributed by atoms with Crippen LogP contribution in [0.5, 0.6) is 5.75 Å². The van der Waals surface area contributed by atoms with Gasteiger partial charge in [-0.05, 0) is 31.3 Å². The zero-order chi connectivity index (χ0) is 18.7. The van der Waals surface area contributed by atoms with E-state index in [-0.39, 0.29) is 11.9 Å². The van der Waals surface area contributed by atoms with E-state index in [4.69, 9.17) is 24.5 Å². The Balaban J connectivity index is 0.000000450. The summed E-state index contributed by atoms with van der Waals surface area (Å²) < 4.78 is 19.1. The topological polar surface area (TPSA) is 95.9 Å². The van der Waals surface area contributed by atoms with E-state index in [1.165, 1.54) is 12.1 Å². The molecule has 7 heteroatoms. The molecule has 3 N–H and O–H groups in total. The molecule has 1 unspecified atom stereocenters. The highest BCUT2D eigenvalue weighted by Crippen LogP contribution is 2.24. The Hall–Kier alpha value is -2.93. The lowest BCUT2D eigenvalue weighted by molar-refractivity contribution is -0.159. The summed E-state index contributed by atoms with van der Waals surface area (Å²) in [5.41, 5.74) is 1.10. The predicted molar refractivity (Wildman–Crippen MR) is 90.0 cm³/mol. The molecule has 25 heavy (non-hydrogen) atoms. The first-order valence-corrected chi connectivity index (χ1v) is 7.52. The van der Waals surface area contributed by atoms with Gasteiger partial charge >= 0.3 is 11.9 Å². The van der Waals surface area contributed by atoms with Gasteiger partial charge in [-0.15, -0.1) is 0 Å². The molecule has 2 aromatic rings. The molecule has 2 rings (SSSR count). The van der Waals surface area contributed by atoms with Gasteiger partial charge in [-0.25, -0.2) is 14.0 Å². The highest BCUT2D eigenvalue weighted by molar-refractivity contribution is 6.27. The lowest BCUT2D eigenvalue weighted by atomic mass is 10.1. The number of aliphatic carboxylic acids is 2. The Bertz CT molecular complexity index is 666. The third-order valence-electron chi connectivity index (χ3n) is 3.09. The summed E-state index contributed by atoms with van der Waals surface area (Å²) in [4.78, 5) is 18.2. The van der Waals surface area contributed by atoms with Gasteiger partial charge in [0, 0.05) is 12.5 Å². The maximum absolute atomic E-state index is 13.2. The van der Waals surface area contributed by atoms with Crippen LogP contribution < -0.4 is 10.1 Å². The van der Waals surface area contributed by atoms with E-state index in [2.05, 4.69) is 5.32 Å². The number of benzene rings is 2. The molecule has 0 aliphatic carbocycles. The first-order valence-electron chi connectivity index (χ1n) is 7.52. The van der Waals surface area contributed by atoms with Gasteiger partial charge in [0.25, 0.3) is 0 Å². The monoisotopic (exact) mass is 349 g/mol. The third-order valence-corrected chi connectivity index (χ3v) is 3.09. The fourth-order valence-corrected chi connectivity index (χ4v) is 1.94. The van der Waals surface area contributed by atoms with Gasteiger partial charge in [0.15, 0.2) is 0 Å². The van der Waals surface area contributed by atoms with E-state index < -0.39 is 11.9 Å². The highest BCUT2D eigenvalue weighted by Gasteiger charge is 2.12. The van der Waals surface area contributed by atoms with Gasteiger partial charge in [-0.2, -0.15) is 0 Å². The van der Waals surface area contributed by atoms with Crippen molar-refractivity contribution in [1.29, 1.82) is 0 Å². The Morgan fingerprint density at radius 3 is 2.24 bits per heavy atom. The number of halogens is 1. The number of hydrogen-bond acceptors (Lipinski definition) is 4. The molecule has 0 amide bonds. The Morgan fingerprint density at radius 1 is 1.08 bits per heavy atom. The number of carboxylic acids is 2. The molecule has 0 heterocycles. The van der Waals surface area contributed by atoms with E-state index in [9.17, 15) is 4.39 Å². The van der Waals surface area contributed by atoms with Crippen molar-refractivity contribution >= 4 is 11.9 Å². The van der Waals surface area contributed by atoms with Crippen molar-refractivity contribution in [2.75, 3.05) is 13.6 Å². The van der Waals surface area contributed by atoms with Gasteiger partial charge in [-0.3, -0.25) is 0 Å². The summed E-state index contributed by atoms with van der Waals surface area (Å²) >= 11 is 0. The summed E-state index contributed by atoms with van der Waals surface area (Å²) in [6, 6.07) is 16.3. The van der Waals surface area contributed by atoms with Crippen LogP contribution >= 0.6 is 0 Å². The van der Waals surface area contributed by atoms with E-state index in [0.29, 0.717) is 5.75 Å². The summed E-state index contributed by atoms with van der Waals surface area (Å²) in [7, 11) is 1.91. The normalized spacial score (nSPS) is 11.0. The van der Waals surface area contributed by atoms with Gasteiger partial charge in [-0.1, -0.05) is 36.4 Å². The summed E-state index contributed by atoms with van der Waals surface area (Å²) in [6.07, 6.45) is 0.757. The van der Waals surface area contributed by atoms with Crippen LogP contribution in [0.3, 0.4) is 0 Å². The molecule has 1 atom stereocenters. The number of carboxylic acid groups (broad SMARTS) is 2. The van der Waals surface area contributed by atoms with Crippen LogP contribution in [0, 0.1) is 5.82 Å². The van der Waals surface area contributed by atoms with Crippen LogP contribution in [0.25, 0.3) is 0 Å². The minimum absolute atomic E-state index is 0.0737. The van der Waals surface area contributed by atoms with Crippen LogP contribution in [0.1, 0.15) is 18.1 Å². The standard InChI is InChI=1S/C16H18FNO.C2H2O4/c1-18-11-10-16(13-6-3-2-4-7-13)19-15-9-5-8-14(17)12-15;3-1(4)2(5)6/h2-9,12,16,18H,10-11H2,1H3;(H,3,4)(H,5,6). The van der Waals surface area contributed by atoms with E-state index in [1.807, 2.05) is 37.4 Å². The second-order valence-electron chi connectivity index (χ2n) is 4.98. The Labute approximate surface area is 144 Å². The van der Waals surface area contributed by atoms with Crippen molar-refractivity contribution in [1.82, 2.24) is 5.32 Å². The Kier molecular flexibility index (Phi) is 8.67. The minimum Gasteiger partial charge on any atom is -0.486 e. The van der Waals surface area contributed by atoms with Crippen LogP contribution in [0.2, 0.25) is 0 Å². The second-order valence-corrected chi connectivity index (χ2v) is 4.98. The number of nitrogens with one attached hydrogen (secondary N) is 1. The molecule has 2 aromatic carbocycles. The van der Waals surface area contributed by atoms with Gasteiger partial charge in [0.1, 0.15) is 17.7 Å². The predicted octanol–water partition coefficient (Wildman–Crippen LogP) is 2.71. The SMILES string of the molecule is CNCCC(Oc1cccc(F)c1)c1ccccc1.O=C(O)C(=O)O. The van der Waals surface area contributed by atoms with Crippen molar-refractivity contribution in [3.63, 3.8) is 0 Å². The number of carbonyl (C=O) groups is 2. The van der Waals surface area contributed by atoms with Gasteiger partial charge < -0.3 is 20.3 Å². The summed E-state index contributed by atoms with van der Waals surface area (Å²) in [6.45, 7) is 0.842. The van der Waals surface area contributed by atoms with Crippen LogP contribution in [0.4, 0.5) is 4.39 Å². The first-order chi connectivity index (χ1) is 11.9. The molecule has 134 valence electrons. The molecule has 0 radical (unpaired) electrons. The molecule has 0 spiro atoms. The molecule has 0 aliphatic heterocycles. The van der Waals surface area contributed by atoms with Gasteiger partial charge in [0.05, 0.1) is 0 Å². The average molecular weight is 349 g/mol. The molecule has 0 saturated heterocycles. The molecular weight excluding hydrogens is 329 g/mol. The lowest BCUT2D eigenvalue weighted by Gasteiger charge is -2.19. The third kappa shape index (κ3) is 7.94. The van der Waals surface area contributed by atoms with Crippen molar-refractivity contribution in [2.24, 2.45) is 0 Å². The lowest BCUT2D eigenvalue weighted by Crippen LogP contribution is -2.16. The average Bonchev–Trinajstić information content (AvgIpc) is 2.60. The molecule has 0 aromatic heterocycles. The molecule has 6 nitrogen and oxygen atoms in total. The number of hydrogen-bond donors (Lipinski definition) is 3. The molecule has 0 aliphatic rings. The van der Waals surface area contributed by atoms with E-state index in [1.54, 1.807) is 12.1 Å². The number of rotatable bonds is 6. The first kappa shape index (κ1) is 20.1.